The van der Waals surface area contributed by atoms with E-state index in [1.165, 1.54) is 31.8 Å². The average molecular weight is 224 g/mol. The zero-order chi connectivity index (χ0) is 12.1. The Morgan fingerprint density at radius 1 is 1.12 bits per heavy atom. The second-order valence-corrected chi connectivity index (χ2v) is 3.87. The van der Waals surface area contributed by atoms with E-state index in [1.807, 2.05) is 13.0 Å². The molecular formula is C14H24O2. The number of carbonyl (C=O) groups is 1. The van der Waals surface area contributed by atoms with Gasteiger partial charge in [-0.3, -0.25) is 0 Å². The van der Waals surface area contributed by atoms with E-state index in [0.717, 1.165) is 19.3 Å². The summed E-state index contributed by atoms with van der Waals surface area (Å²) in [6.07, 6.45) is 13.4. The Hall–Kier alpha value is -1.05. The molecule has 0 rings (SSSR count). The van der Waals surface area contributed by atoms with Gasteiger partial charge in [0.1, 0.15) is 0 Å². The first-order chi connectivity index (χ1) is 7.81. The van der Waals surface area contributed by atoms with Gasteiger partial charge in [-0.2, -0.15) is 0 Å². The summed E-state index contributed by atoms with van der Waals surface area (Å²) in [5, 5.41) is 0. The lowest BCUT2D eigenvalue weighted by Gasteiger charge is -2.02. The quantitative estimate of drug-likeness (QED) is 0.242. The molecule has 0 amide bonds. The van der Waals surface area contributed by atoms with Gasteiger partial charge in [-0.25, -0.2) is 4.79 Å². The monoisotopic (exact) mass is 224 g/mol. The molecule has 0 bridgehead atoms. The van der Waals surface area contributed by atoms with Gasteiger partial charge in [0.05, 0.1) is 6.61 Å². The predicted molar refractivity (Wildman–Crippen MR) is 68.3 cm³/mol. The summed E-state index contributed by atoms with van der Waals surface area (Å²) in [5.41, 5.74) is 0. The van der Waals surface area contributed by atoms with Crippen molar-refractivity contribution in [3.8, 4) is 0 Å². The topological polar surface area (TPSA) is 26.3 Å². The number of rotatable bonds is 10. The van der Waals surface area contributed by atoms with Gasteiger partial charge in [-0.15, -0.1) is 6.58 Å². The molecule has 0 heterocycles. The van der Waals surface area contributed by atoms with E-state index >= 15 is 0 Å². The lowest BCUT2D eigenvalue weighted by atomic mass is 10.1. The van der Waals surface area contributed by atoms with E-state index in [2.05, 4.69) is 6.58 Å². The number of hydrogen-bond acceptors (Lipinski definition) is 2. The van der Waals surface area contributed by atoms with Crippen molar-refractivity contribution in [3.63, 3.8) is 0 Å². The van der Waals surface area contributed by atoms with Crippen LogP contribution in [0.2, 0.25) is 0 Å². The molecule has 0 aromatic rings. The van der Waals surface area contributed by atoms with Crippen LogP contribution in [-0.2, 0) is 9.53 Å². The van der Waals surface area contributed by atoms with Crippen molar-refractivity contribution >= 4 is 5.97 Å². The summed E-state index contributed by atoms with van der Waals surface area (Å²) in [6.45, 7) is 6.06. The summed E-state index contributed by atoms with van der Waals surface area (Å²) < 4.78 is 4.99. The summed E-state index contributed by atoms with van der Waals surface area (Å²) in [6, 6.07) is 0. The van der Waals surface area contributed by atoms with Gasteiger partial charge in [0.15, 0.2) is 0 Å². The minimum atomic E-state index is -0.228. The lowest BCUT2D eigenvalue weighted by molar-refractivity contribution is -0.137. The SMILES string of the molecule is C=CCCCCCCCCOC(=O)C=CC. The van der Waals surface area contributed by atoms with Crippen molar-refractivity contribution in [2.24, 2.45) is 0 Å². The van der Waals surface area contributed by atoms with Gasteiger partial charge in [0, 0.05) is 6.08 Å². The molecule has 92 valence electrons. The van der Waals surface area contributed by atoms with Gasteiger partial charge in [-0.05, 0) is 26.2 Å². The van der Waals surface area contributed by atoms with Crippen LogP contribution < -0.4 is 0 Å². The molecule has 2 heteroatoms. The lowest BCUT2D eigenvalue weighted by Crippen LogP contribution is -2.01. The number of carbonyl (C=O) groups excluding carboxylic acids is 1. The third-order valence-corrected chi connectivity index (χ3v) is 2.35. The van der Waals surface area contributed by atoms with Crippen LogP contribution >= 0.6 is 0 Å². The maximum absolute atomic E-state index is 10.9. The van der Waals surface area contributed by atoms with Crippen molar-refractivity contribution in [1.29, 1.82) is 0 Å². The van der Waals surface area contributed by atoms with Crippen LogP contribution in [0.1, 0.15) is 51.9 Å². The Morgan fingerprint density at radius 2 is 1.75 bits per heavy atom. The summed E-state index contributed by atoms with van der Waals surface area (Å²) >= 11 is 0. The number of esters is 1. The number of allylic oxidation sites excluding steroid dienone is 2. The minimum Gasteiger partial charge on any atom is -0.463 e. The normalized spacial score (nSPS) is 10.6. The fourth-order valence-electron chi connectivity index (χ4n) is 1.45. The largest absolute Gasteiger partial charge is 0.463 e. The third kappa shape index (κ3) is 11.0. The molecule has 0 unspecified atom stereocenters. The number of unbranched alkanes of at least 4 members (excludes halogenated alkanes) is 6. The molecular weight excluding hydrogens is 200 g/mol. The molecule has 0 spiro atoms. The van der Waals surface area contributed by atoms with Crippen molar-refractivity contribution in [3.05, 3.63) is 24.8 Å². The first kappa shape index (κ1) is 14.9. The van der Waals surface area contributed by atoms with Gasteiger partial charge in [-0.1, -0.05) is 37.8 Å². The van der Waals surface area contributed by atoms with Crippen LogP contribution in [0, 0.1) is 0 Å². The highest BCUT2D eigenvalue weighted by molar-refractivity contribution is 5.81. The number of ether oxygens (including phenoxy) is 1. The smallest absolute Gasteiger partial charge is 0.330 e. The van der Waals surface area contributed by atoms with Crippen LogP contribution in [0.25, 0.3) is 0 Å². The Bertz CT molecular complexity index is 207. The molecule has 0 aliphatic heterocycles. The van der Waals surface area contributed by atoms with Crippen molar-refractivity contribution in [1.82, 2.24) is 0 Å². The van der Waals surface area contributed by atoms with Gasteiger partial charge < -0.3 is 4.74 Å². The maximum Gasteiger partial charge on any atom is 0.330 e. The highest BCUT2D eigenvalue weighted by atomic mass is 16.5. The Balaban J connectivity index is 3.09. The van der Waals surface area contributed by atoms with E-state index in [9.17, 15) is 4.79 Å². The summed E-state index contributed by atoms with van der Waals surface area (Å²) in [7, 11) is 0. The average Bonchev–Trinajstić information content (AvgIpc) is 2.27. The van der Waals surface area contributed by atoms with Crippen LogP contribution in [0.15, 0.2) is 24.8 Å². The molecule has 0 saturated heterocycles. The molecule has 0 aromatic carbocycles. The molecule has 2 nitrogen and oxygen atoms in total. The summed E-state index contributed by atoms with van der Waals surface area (Å²) in [4.78, 5) is 10.9. The van der Waals surface area contributed by atoms with E-state index in [0.29, 0.717) is 6.61 Å². The predicted octanol–water partition coefficient (Wildman–Crippen LogP) is 4.02. The van der Waals surface area contributed by atoms with Crippen molar-refractivity contribution in [2.75, 3.05) is 6.61 Å². The maximum atomic E-state index is 10.9. The van der Waals surface area contributed by atoms with E-state index in [4.69, 9.17) is 4.74 Å². The molecule has 0 fully saturated rings. The zero-order valence-corrected chi connectivity index (χ0v) is 10.4. The van der Waals surface area contributed by atoms with E-state index < -0.39 is 0 Å². The van der Waals surface area contributed by atoms with E-state index in [1.54, 1.807) is 6.08 Å². The summed E-state index contributed by atoms with van der Waals surface area (Å²) in [5.74, 6) is -0.228. The minimum absolute atomic E-state index is 0.228. The molecule has 16 heavy (non-hydrogen) atoms. The third-order valence-electron chi connectivity index (χ3n) is 2.35. The molecule has 0 atom stereocenters. The fraction of sp³-hybridized carbons (Fsp3) is 0.643. The van der Waals surface area contributed by atoms with Gasteiger partial charge in [0.2, 0.25) is 0 Å². The van der Waals surface area contributed by atoms with E-state index in [-0.39, 0.29) is 5.97 Å². The molecule has 0 radical (unpaired) electrons. The van der Waals surface area contributed by atoms with Gasteiger partial charge >= 0.3 is 5.97 Å². The Labute approximate surface area is 99.4 Å². The Morgan fingerprint density at radius 3 is 2.38 bits per heavy atom. The standard InChI is InChI=1S/C14H24O2/c1-3-5-6-7-8-9-10-11-13-16-14(15)12-4-2/h3-4,12H,1,5-11,13H2,2H3. The molecule has 0 aliphatic rings. The fourth-order valence-corrected chi connectivity index (χ4v) is 1.45. The highest BCUT2D eigenvalue weighted by Crippen LogP contribution is 2.07. The van der Waals surface area contributed by atoms with Crippen LogP contribution in [0.3, 0.4) is 0 Å². The molecule has 0 N–H and O–H groups in total. The molecule has 0 aromatic heterocycles. The second kappa shape index (κ2) is 12.0. The molecule has 0 saturated carbocycles. The highest BCUT2D eigenvalue weighted by Gasteiger charge is 1.95. The van der Waals surface area contributed by atoms with Crippen molar-refractivity contribution in [2.45, 2.75) is 51.9 Å². The first-order valence-corrected chi connectivity index (χ1v) is 6.21. The molecule has 0 aliphatic carbocycles. The zero-order valence-electron chi connectivity index (χ0n) is 10.4. The first-order valence-electron chi connectivity index (χ1n) is 6.21. The number of hydrogen-bond donors (Lipinski definition) is 0. The van der Waals surface area contributed by atoms with Gasteiger partial charge in [0.25, 0.3) is 0 Å². The van der Waals surface area contributed by atoms with Crippen LogP contribution in [0.5, 0.6) is 0 Å². The van der Waals surface area contributed by atoms with Crippen molar-refractivity contribution < 1.29 is 9.53 Å². The Kier molecular flexibility index (Phi) is 11.2. The second-order valence-electron chi connectivity index (χ2n) is 3.87. The van der Waals surface area contributed by atoms with Crippen LogP contribution in [-0.4, -0.2) is 12.6 Å². The van der Waals surface area contributed by atoms with Crippen LogP contribution in [0.4, 0.5) is 0 Å².